The second-order valence-corrected chi connectivity index (χ2v) is 7.45. The van der Waals surface area contributed by atoms with Crippen LogP contribution in [-0.4, -0.2) is 41.1 Å². The van der Waals surface area contributed by atoms with Crippen LogP contribution in [-0.2, 0) is 32.5 Å². The van der Waals surface area contributed by atoms with Crippen molar-refractivity contribution >= 4 is 16.7 Å². The van der Waals surface area contributed by atoms with Gasteiger partial charge in [0.05, 0.1) is 11.4 Å². The molecule has 142 valence electrons. The Balaban J connectivity index is 1.91. The summed E-state index contributed by atoms with van der Waals surface area (Å²) in [7, 11) is 0.282. The zero-order chi connectivity index (χ0) is 18.9. The highest BCUT2D eigenvalue weighted by Crippen LogP contribution is 2.23. The SMILES string of the molecule is CCc1ccc(-c2nc(C[S@@](=O)CC(=O)NCCCOC)c(C)o2)cc1. The predicted molar refractivity (Wildman–Crippen MR) is 102 cm³/mol. The lowest BCUT2D eigenvalue weighted by Gasteiger charge is -2.04. The molecule has 0 bridgehead atoms. The number of carbonyl (C=O) groups is 1. The second kappa shape index (κ2) is 10.2. The van der Waals surface area contributed by atoms with Crippen LogP contribution in [0.3, 0.4) is 0 Å². The van der Waals surface area contributed by atoms with E-state index in [9.17, 15) is 9.00 Å². The van der Waals surface area contributed by atoms with Gasteiger partial charge in [-0.3, -0.25) is 9.00 Å². The number of nitrogens with zero attached hydrogens (tertiary/aromatic N) is 1. The standard InChI is InChI=1S/C19H26N2O4S/c1-4-15-6-8-16(9-7-15)19-21-17(14(2)25-19)12-26(23)13-18(22)20-10-5-11-24-3/h6-9H,4-5,10-13H2,1-3H3,(H,20,22)/t26-/m1/s1. The average Bonchev–Trinajstić information content (AvgIpc) is 2.99. The molecular formula is C19H26N2O4S. The summed E-state index contributed by atoms with van der Waals surface area (Å²) in [5, 5.41) is 2.73. The summed E-state index contributed by atoms with van der Waals surface area (Å²) in [6.45, 7) is 5.01. The van der Waals surface area contributed by atoms with E-state index < -0.39 is 10.8 Å². The smallest absolute Gasteiger partial charge is 0.232 e. The first kappa shape index (κ1) is 20.3. The Kier molecular flexibility index (Phi) is 8.00. The first-order valence-corrected chi connectivity index (χ1v) is 10.2. The van der Waals surface area contributed by atoms with Gasteiger partial charge in [0.25, 0.3) is 0 Å². The van der Waals surface area contributed by atoms with Crippen molar-refractivity contribution in [3.8, 4) is 11.5 Å². The minimum absolute atomic E-state index is 0.0419. The highest BCUT2D eigenvalue weighted by molar-refractivity contribution is 7.84. The van der Waals surface area contributed by atoms with E-state index in [1.807, 2.05) is 24.3 Å². The summed E-state index contributed by atoms with van der Waals surface area (Å²) < 4.78 is 22.9. The van der Waals surface area contributed by atoms with Crippen LogP contribution in [0.4, 0.5) is 0 Å². The molecule has 1 atom stereocenters. The van der Waals surface area contributed by atoms with Gasteiger partial charge in [-0.05, 0) is 37.5 Å². The van der Waals surface area contributed by atoms with Crippen molar-refractivity contribution in [2.75, 3.05) is 26.0 Å². The Morgan fingerprint density at radius 3 is 2.69 bits per heavy atom. The lowest BCUT2D eigenvalue weighted by Crippen LogP contribution is -2.30. The molecule has 26 heavy (non-hydrogen) atoms. The number of methoxy groups -OCH3 is 1. The molecule has 1 heterocycles. The van der Waals surface area contributed by atoms with E-state index in [4.69, 9.17) is 9.15 Å². The maximum atomic E-state index is 12.2. The van der Waals surface area contributed by atoms with E-state index in [2.05, 4.69) is 17.2 Å². The van der Waals surface area contributed by atoms with Gasteiger partial charge in [0, 0.05) is 36.6 Å². The molecule has 7 heteroatoms. The quantitative estimate of drug-likeness (QED) is 0.643. The normalized spacial score (nSPS) is 12.1. The van der Waals surface area contributed by atoms with Crippen LogP contribution in [0.25, 0.3) is 11.5 Å². The third-order valence-electron chi connectivity index (χ3n) is 3.94. The van der Waals surface area contributed by atoms with Crippen LogP contribution in [0, 0.1) is 6.92 Å². The van der Waals surface area contributed by atoms with Crippen molar-refractivity contribution in [2.45, 2.75) is 32.4 Å². The van der Waals surface area contributed by atoms with Crippen LogP contribution < -0.4 is 5.32 Å². The molecule has 0 aliphatic carbocycles. The van der Waals surface area contributed by atoms with Crippen LogP contribution in [0.15, 0.2) is 28.7 Å². The molecule has 0 saturated carbocycles. The van der Waals surface area contributed by atoms with E-state index in [0.717, 1.165) is 18.4 Å². The zero-order valence-electron chi connectivity index (χ0n) is 15.5. The van der Waals surface area contributed by atoms with Gasteiger partial charge in [-0.25, -0.2) is 4.98 Å². The lowest BCUT2D eigenvalue weighted by molar-refractivity contribution is -0.118. The third-order valence-corrected chi connectivity index (χ3v) is 5.12. The largest absolute Gasteiger partial charge is 0.441 e. The Morgan fingerprint density at radius 2 is 2.04 bits per heavy atom. The van der Waals surface area contributed by atoms with E-state index in [1.54, 1.807) is 14.0 Å². The van der Waals surface area contributed by atoms with Crippen molar-refractivity contribution in [1.82, 2.24) is 10.3 Å². The number of aryl methyl sites for hydroxylation is 2. The number of aromatic nitrogens is 1. The fourth-order valence-electron chi connectivity index (χ4n) is 2.41. The predicted octanol–water partition coefficient (Wildman–Crippen LogP) is 2.61. The number of oxazole rings is 1. The Morgan fingerprint density at radius 1 is 1.31 bits per heavy atom. The Hall–Kier alpha value is -1.99. The first-order valence-electron chi connectivity index (χ1n) is 8.69. The molecule has 0 radical (unpaired) electrons. The molecule has 2 aromatic rings. The van der Waals surface area contributed by atoms with Crippen LogP contribution in [0.5, 0.6) is 0 Å². The Labute approximate surface area is 156 Å². The third kappa shape index (κ3) is 6.07. The molecule has 0 spiro atoms. The summed E-state index contributed by atoms with van der Waals surface area (Å²) in [6, 6.07) is 8.03. The average molecular weight is 378 g/mol. The fraction of sp³-hybridized carbons (Fsp3) is 0.474. The van der Waals surface area contributed by atoms with Crippen molar-refractivity contribution in [2.24, 2.45) is 0 Å². The van der Waals surface area contributed by atoms with Crippen molar-refractivity contribution in [3.63, 3.8) is 0 Å². The number of hydrogen-bond acceptors (Lipinski definition) is 5. The molecule has 2 rings (SSSR count). The van der Waals surface area contributed by atoms with E-state index in [0.29, 0.717) is 30.5 Å². The molecule has 1 aromatic carbocycles. The molecule has 0 unspecified atom stereocenters. The van der Waals surface area contributed by atoms with Crippen molar-refractivity contribution < 1.29 is 18.2 Å². The van der Waals surface area contributed by atoms with Gasteiger partial charge in [0.15, 0.2) is 0 Å². The molecule has 1 N–H and O–H groups in total. The van der Waals surface area contributed by atoms with Gasteiger partial charge < -0.3 is 14.5 Å². The number of ether oxygens (including phenoxy) is 1. The van der Waals surface area contributed by atoms with Gasteiger partial charge in [-0.2, -0.15) is 0 Å². The number of nitrogens with one attached hydrogen (secondary N) is 1. The number of carbonyl (C=O) groups excluding carboxylic acids is 1. The van der Waals surface area contributed by atoms with Gasteiger partial charge >= 0.3 is 0 Å². The zero-order valence-corrected chi connectivity index (χ0v) is 16.4. The van der Waals surface area contributed by atoms with Gasteiger partial charge in [0.2, 0.25) is 11.8 Å². The molecule has 1 amide bonds. The monoisotopic (exact) mass is 378 g/mol. The van der Waals surface area contributed by atoms with Gasteiger partial charge in [-0.15, -0.1) is 0 Å². The minimum atomic E-state index is -1.33. The van der Waals surface area contributed by atoms with Crippen LogP contribution in [0.2, 0.25) is 0 Å². The van der Waals surface area contributed by atoms with E-state index in [-0.39, 0.29) is 17.4 Å². The number of rotatable bonds is 10. The van der Waals surface area contributed by atoms with Crippen LogP contribution in [0.1, 0.15) is 30.4 Å². The van der Waals surface area contributed by atoms with Crippen LogP contribution >= 0.6 is 0 Å². The molecule has 0 saturated heterocycles. The number of amides is 1. The topological polar surface area (TPSA) is 81.4 Å². The molecule has 0 aliphatic heterocycles. The Bertz CT molecular complexity index is 740. The lowest BCUT2D eigenvalue weighted by atomic mass is 10.1. The molecule has 1 aromatic heterocycles. The second-order valence-electron chi connectivity index (χ2n) is 6.00. The highest BCUT2D eigenvalue weighted by atomic mass is 32.2. The molecule has 6 nitrogen and oxygen atoms in total. The molecular weight excluding hydrogens is 352 g/mol. The number of hydrogen-bond donors (Lipinski definition) is 1. The minimum Gasteiger partial charge on any atom is -0.441 e. The van der Waals surface area contributed by atoms with E-state index in [1.165, 1.54) is 5.56 Å². The highest BCUT2D eigenvalue weighted by Gasteiger charge is 2.16. The van der Waals surface area contributed by atoms with Crippen molar-refractivity contribution in [1.29, 1.82) is 0 Å². The maximum absolute atomic E-state index is 12.2. The maximum Gasteiger partial charge on any atom is 0.232 e. The van der Waals surface area contributed by atoms with E-state index >= 15 is 0 Å². The summed E-state index contributed by atoms with van der Waals surface area (Å²) in [6.07, 6.45) is 1.71. The summed E-state index contributed by atoms with van der Waals surface area (Å²) in [5.41, 5.74) is 2.76. The molecule has 0 aliphatic rings. The van der Waals surface area contributed by atoms with Crippen molar-refractivity contribution in [3.05, 3.63) is 41.3 Å². The van der Waals surface area contributed by atoms with Gasteiger partial charge in [0.1, 0.15) is 11.5 Å². The summed E-state index contributed by atoms with van der Waals surface area (Å²) >= 11 is 0. The first-order chi connectivity index (χ1) is 12.5. The summed E-state index contributed by atoms with van der Waals surface area (Å²) in [5.74, 6) is 1.08. The summed E-state index contributed by atoms with van der Waals surface area (Å²) in [4.78, 5) is 16.3. The fourth-order valence-corrected chi connectivity index (χ4v) is 3.48. The molecule has 0 fully saturated rings. The van der Waals surface area contributed by atoms with Gasteiger partial charge in [-0.1, -0.05) is 19.1 Å². The number of benzene rings is 1.